The summed E-state index contributed by atoms with van der Waals surface area (Å²) in [5.41, 5.74) is 2.92. The van der Waals surface area contributed by atoms with Gasteiger partial charge in [-0.15, -0.1) is 0 Å². The van der Waals surface area contributed by atoms with E-state index in [-0.39, 0.29) is 24.5 Å². The van der Waals surface area contributed by atoms with Gasteiger partial charge in [0.05, 0.1) is 18.2 Å². The van der Waals surface area contributed by atoms with E-state index in [1.165, 1.54) is 18.3 Å². The first kappa shape index (κ1) is 24.8. The summed E-state index contributed by atoms with van der Waals surface area (Å²) >= 11 is 5.80. The first-order valence-electron chi connectivity index (χ1n) is 9.95. The van der Waals surface area contributed by atoms with Gasteiger partial charge in [0.2, 0.25) is 5.91 Å². The number of halogens is 4. The van der Waals surface area contributed by atoms with E-state index in [0.29, 0.717) is 22.0 Å². The summed E-state index contributed by atoms with van der Waals surface area (Å²) in [4.78, 5) is 23.9. The van der Waals surface area contributed by atoms with Gasteiger partial charge in [0.1, 0.15) is 5.75 Å². The Kier molecular flexibility index (Phi) is 8.26. The maximum Gasteiger partial charge on any atom is 0.416 e. The largest absolute Gasteiger partial charge is 0.484 e. The number of hydrogen-bond acceptors (Lipinski definition) is 4. The molecule has 0 bridgehead atoms. The van der Waals surface area contributed by atoms with Gasteiger partial charge >= 0.3 is 6.18 Å². The van der Waals surface area contributed by atoms with Crippen molar-refractivity contribution < 1.29 is 27.5 Å². The Labute approximate surface area is 198 Å². The summed E-state index contributed by atoms with van der Waals surface area (Å²) in [7, 11) is 0. The normalized spacial score (nSPS) is 11.3. The molecule has 0 spiro atoms. The van der Waals surface area contributed by atoms with Gasteiger partial charge in [0.25, 0.3) is 5.91 Å². The minimum Gasteiger partial charge on any atom is -0.484 e. The SMILES string of the molecule is O=C(Cc1cccc(C(F)(F)F)c1)N/N=C\c1ccc(OCC(=O)Nc2ccc(Cl)cc2)cc1. The average molecular weight is 490 g/mol. The maximum absolute atomic E-state index is 12.8. The van der Waals surface area contributed by atoms with Crippen LogP contribution in [0, 0.1) is 0 Å². The lowest BCUT2D eigenvalue weighted by molar-refractivity contribution is -0.137. The molecule has 0 saturated heterocycles. The predicted octanol–water partition coefficient (Wildman–Crippen LogP) is 5.07. The molecule has 0 unspecified atom stereocenters. The second-order valence-electron chi connectivity index (χ2n) is 7.08. The van der Waals surface area contributed by atoms with Crippen LogP contribution in [0.4, 0.5) is 18.9 Å². The second-order valence-corrected chi connectivity index (χ2v) is 7.52. The molecule has 6 nitrogen and oxygen atoms in total. The Morgan fingerprint density at radius 2 is 1.68 bits per heavy atom. The Hall–Kier alpha value is -3.85. The zero-order valence-corrected chi connectivity index (χ0v) is 18.4. The lowest BCUT2D eigenvalue weighted by atomic mass is 10.1. The fourth-order valence-electron chi connectivity index (χ4n) is 2.79. The van der Waals surface area contributed by atoms with E-state index in [1.54, 1.807) is 48.5 Å². The van der Waals surface area contributed by atoms with Crippen LogP contribution in [0.2, 0.25) is 5.02 Å². The summed E-state index contributed by atoms with van der Waals surface area (Å²) in [5.74, 6) is -0.435. The van der Waals surface area contributed by atoms with E-state index >= 15 is 0 Å². The van der Waals surface area contributed by atoms with Crippen molar-refractivity contribution in [1.82, 2.24) is 5.43 Å². The van der Waals surface area contributed by atoms with Crippen LogP contribution in [-0.2, 0) is 22.2 Å². The Morgan fingerprint density at radius 1 is 0.971 bits per heavy atom. The minimum absolute atomic E-state index is 0.193. The Balaban J connectivity index is 1.44. The number of hydrogen-bond donors (Lipinski definition) is 2. The van der Waals surface area contributed by atoms with Gasteiger partial charge < -0.3 is 10.1 Å². The van der Waals surface area contributed by atoms with Crippen molar-refractivity contribution in [1.29, 1.82) is 0 Å². The van der Waals surface area contributed by atoms with E-state index in [4.69, 9.17) is 16.3 Å². The lowest BCUT2D eigenvalue weighted by Gasteiger charge is -2.08. The average Bonchev–Trinajstić information content (AvgIpc) is 2.80. The van der Waals surface area contributed by atoms with Gasteiger partial charge in [0, 0.05) is 10.7 Å². The van der Waals surface area contributed by atoms with Gasteiger partial charge in [-0.05, 0) is 65.7 Å². The van der Waals surface area contributed by atoms with Gasteiger partial charge in [-0.3, -0.25) is 9.59 Å². The van der Waals surface area contributed by atoms with Crippen molar-refractivity contribution in [3.8, 4) is 5.75 Å². The molecule has 0 aliphatic carbocycles. The molecule has 0 aromatic heterocycles. The molecule has 10 heteroatoms. The first-order chi connectivity index (χ1) is 16.2. The molecule has 0 atom stereocenters. The quantitative estimate of drug-likeness (QED) is 0.342. The molecule has 0 saturated carbocycles. The van der Waals surface area contributed by atoms with Crippen molar-refractivity contribution in [2.24, 2.45) is 5.10 Å². The highest BCUT2D eigenvalue weighted by atomic mass is 35.5. The molecule has 3 aromatic rings. The number of anilines is 1. The third-order valence-corrected chi connectivity index (χ3v) is 4.65. The molecule has 0 heterocycles. The molecule has 0 aliphatic rings. The van der Waals surface area contributed by atoms with E-state index in [1.807, 2.05) is 0 Å². The fraction of sp³-hybridized carbons (Fsp3) is 0.125. The van der Waals surface area contributed by atoms with E-state index in [0.717, 1.165) is 12.1 Å². The van der Waals surface area contributed by atoms with Crippen LogP contribution in [0.25, 0.3) is 0 Å². The monoisotopic (exact) mass is 489 g/mol. The van der Waals surface area contributed by atoms with Crippen LogP contribution >= 0.6 is 11.6 Å². The van der Waals surface area contributed by atoms with Crippen molar-refractivity contribution in [3.05, 3.63) is 94.5 Å². The smallest absolute Gasteiger partial charge is 0.416 e. The highest BCUT2D eigenvalue weighted by Crippen LogP contribution is 2.29. The van der Waals surface area contributed by atoms with Gasteiger partial charge in [-0.1, -0.05) is 29.8 Å². The molecule has 176 valence electrons. The molecule has 3 rings (SSSR count). The van der Waals surface area contributed by atoms with Gasteiger partial charge in [-0.2, -0.15) is 18.3 Å². The molecule has 0 fully saturated rings. The summed E-state index contributed by atoms with van der Waals surface area (Å²) in [6.07, 6.45) is -3.34. The predicted molar refractivity (Wildman–Crippen MR) is 123 cm³/mol. The van der Waals surface area contributed by atoms with Gasteiger partial charge in [-0.25, -0.2) is 5.43 Å². The molecular formula is C24H19ClF3N3O3. The number of amides is 2. The number of nitrogens with zero attached hydrogens (tertiary/aromatic N) is 1. The Bertz CT molecular complexity index is 1160. The number of hydrazone groups is 1. The van der Waals surface area contributed by atoms with Crippen LogP contribution in [0.5, 0.6) is 5.75 Å². The van der Waals surface area contributed by atoms with Crippen LogP contribution in [0.1, 0.15) is 16.7 Å². The maximum atomic E-state index is 12.8. The zero-order valence-electron chi connectivity index (χ0n) is 17.6. The lowest BCUT2D eigenvalue weighted by Crippen LogP contribution is -2.20. The van der Waals surface area contributed by atoms with E-state index in [2.05, 4.69) is 15.8 Å². The number of nitrogens with one attached hydrogen (secondary N) is 2. The standard InChI is InChI=1S/C24H19ClF3N3O3/c25-19-6-8-20(9-7-19)30-23(33)15-34-21-10-4-16(5-11-21)14-29-31-22(32)13-17-2-1-3-18(12-17)24(26,27)28/h1-12,14H,13,15H2,(H,30,33)(H,31,32)/b29-14-. The molecule has 0 aliphatic heterocycles. The molecular weight excluding hydrogens is 471 g/mol. The molecule has 3 aromatic carbocycles. The summed E-state index contributed by atoms with van der Waals surface area (Å²) in [5, 5.41) is 7.05. The van der Waals surface area contributed by atoms with E-state index < -0.39 is 17.6 Å². The third kappa shape index (κ3) is 7.93. The fourth-order valence-corrected chi connectivity index (χ4v) is 2.92. The third-order valence-electron chi connectivity index (χ3n) is 4.40. The van der Waals surface area contributed by atoms with Crippen molar-refractivity contribution in [2.75, 3.05) is 11.9 Å². The molecule has 2 N–H and O–H groups in total. The van der Waals surface area contributed by atoms with Crippen LogP contribution < -0.4 is 15.5 Å². The number of carbonyl (C=O) groups excluding carboxylic acids is 2. The zero-order chi connectivity index (χ0) is 24.6. The highest BCUT2D eigenvalue weighted by Gasteiger charge is 2.30. The molecule has 34 heavy (non-hydrogen) atoms. The minimum atomic E-state index is -4.47. The number of carbonyl (C=O) groups is 2. The summed E-state index contributed by atoms with van der Waals surface area (Å²) in [6.45, 7) is -0.193. The number of benzene rings is 3. The van der Waals surface area contributed by atoms with Crippen LogP contribution in [0.3, 0.4) is 0 Å². The number of ether oxygens (including phenoxy) is 1. The van der Waals surface area contributed by atoms with Crippen LogP contribution in [-0.4, -0.2) is 24.6 Å². The summed E-state index contributed by atoms with van der Waals surface area (Å²) in [6, 6.07) is 17.8. The van der Waals surface area contributed by atoms with Gasteiger partial charge in [0.15, 0.2) is 6.61 Å². The summed E-state index contributed by atoms with van der Waals surface area (Å²) < 4.78 is 43.7. The van der Waals surface area contributed by atoms with Crippen molar-refractivity contribution >= 4 is 35.3 Å². The number of rotatable bonds is 8. The van der Waals surface area contributed by atoms with Crippen LogP contribution in [0.15, 0.2) is 77.9 Å². The second kappa shape index (κ2) is 11.3. The van der Waals surface area contributed by atoms with Crippen molar-refractivity contribution in [3.63, 3.8) is 0 Å². The number of alkyl halides is 3. The topological polar surface area (TPSA) is 79.8 Å². The highest BCUT2D eigenvalue weighted by molar-refractivity contribution is 6.30. The molecule has 0 radical (unpaired) electrons. The van der Waals surface area contributed by atoms with Crippen molar-refractivity contribution in [2.45, 2.75) is 12.6 Å². The Morgan fingerprint density at radius 3 is 2.35 bits per heavy atom. The molecule has 2 amide bonds. The van der Waals surface area contributed by atoms with E-state index in [9.17, 15) is 22.8 Å². The first-order valence-corrected chi connectivity index (χ1v) is 10.3.